The molecule has 0 atom stereocenters. The molecule has 1 saturated heterocycles. The maximum Gasteiger partial charge on any atom is 0.416 e. The molecule has 0 spiro atoms. The van der Waals surface area contributed by atoms with Crippen LogP contribution in [0.4, 0.5) is 24.5 Å². The van der Waals surface area contributed by atoms with Crippen LogP contribution in [0.3, 0.4) is 0 Å². The number of alkyl halides is 3. The molecule has 0 aliphatic carbocycles. The van der Waals surface area contributed by atoms with Crippen molar-refractivity contribution in [3.8, 4) is 0 Å². The van der Waals surface area contributed by atoms with E-state index in [1.807, 2.05) is 0 Å². The first-order valence-electron chi connectivity index (χ1n) is 7.97. The number of nitrogens with zero attached hydrogens (tertiary/aromatic N) is 4. The Morgan fingerprint density at radius 2 is 2.00 bits per heavy atom. The monoisotopic (exact) mass is 372 g/mol. The number of benzene rings is 1. The number of rotatable bonds is 4. The number of hydrogen-bond donors (Lipinski definition) is 1. The van der Waals surface area contributed by atoms with Crippen LogP contribution in [0.2, 0.25) is 0 Å². The molecule has 0 unspecified atom stereocenters. The van der Waals surface area contributed by atoms with Crippen molar-refractivity contribution in [2.45, 2.75) is 19.6 Å². The fraction of sp³-hybridized carbons (Fsp3) is 0.467. The Morgan fingerprint density at radius 1 is 1.31 bits per heavy atom. The van der Waals surface area contributed by atoms with E-state index in [1.165, 1.54) is 11.0 Å². The van der Waals surface area contributed by atoms with E-state index in [1.54, 1.807) is 11.8 Å². The molecule has 140 valence electrons. The molecule has 1 aromatic heterocycles. The number of nitro benzene ring substituents is 1. The van der Waals surface area contributed by atoms with Gasteiger partial charge in [0.05, 0.1) is 36.7 Å². The normalized spacial score (nSPS) is 16.1. The van der Waals surface area contributed by atoms with Crippen LogP contribution in [-0.4, -0.2) is 41.3 Å². The maximum absolute atomic E-state index is 12.8. The molecular formula is C15H17F3N5O3+. The molecule has 1 fully saturated rings. The second kappa shape index (κ2) is 6.90. The lowest BCUT2D eigenvalue weighted by Gasteiger charge is -2.32. The second-order valence-electron chi connectivity index (χ2n) is 6.09. The Balaban J connectivity index is 1.71. The smallest absolute Gasteiger partial charge is 0.416 e. The van der Waals surface area contributed by atoms with Gasteiger partial charge in [0.1, 0.15) is 5.69 Å². The van der Waals surface area contributed by atoms with Crippen LogP contribution in [0.5, 0.6) is 0 Å². The summed E-state index contributed by atoms with van der Waals surface area (Å²) in [6.45, 7) is 4.51. The number of anilines is 1. The van der Waals surface area contributed by atoms with Crippen LogP contribution in [-0.2, 0) is 12.7 Å². The predicted octanol–water partition coefficient (Wildman–Crippen LogP) is 1.21. The largest absolute Gasteiger partial charge is 0.420 e. The van der Waals surface area contributed by atoms with Crippen LogP contribution in [0.15, 0.2) is 22.6 Å². The summed E-state index contributed by atoms with van der Waals surface area (Å²) in [5.74, 6) is 1.00. The zero-order valence-electron chi connectivity index (χ0n) is 13.9. The molecule has 2 aromatic rings. The summed E-state index contributed by atoms with van der Waals surface area (Å²) < 4.78 is 43.8. The minimum absolute atomic E-state index is 0.204. The molecule has 8 nitrogen and oxygen atoms in total. The first-order chi connectivity index (χ1) is 12.2. The lowest BCUT2D eigenvalue weighted by Crippen LogP contribution is -3.13. The van der Waals surface area contributed by atoms with Crippen molar-refractivity contribution in [2.24, 2.45) is 0 Å². The molecule has 0 bridgehead atoms. The fourth-order valence-electron chi connectivity index (χ4n) is 2.98. The molecule has 0 saturated carbocycles. The van der Waals surface area contributed by atoms with Gasteiger partial charge in [-0.2, -0.15) is 13.2 Å². The van der Waals surface area contributed by atoms with E-state index in [2.05, 4.69) is 10.2 Å². The number of nitro groups is 1. The molecule has 11 heteroatoms. The van der Waals surface area contributed by atoms with Crippen LogP contribution >= 0.6 is 0 Å². The highest BCUT2D eigenvalue weighted by Gasteiger charge is 2.34. The van der Waals surface area contributed by atoms with Gasteiger partial charge in [0.25, 0.3) is 11.6 Å². The SMILES string of the molecule is Cc1nnc(C[NH+]2CCN(c3ccc(C(F)(F)F)cc3[N+](=O)[O-])CC2)o1. The topological polar surface area (TPSA) is 89.7 Å². The van der Waals surface area contributed by atoms with Gasteiger partial charge in [0.2, 0.25) is 5.89 Å². The Morgan fingerprint density at radius 3 is 2.54 bits per heavy atom. The summed E-state index contributed by atoms with van der Waals surface area (Å²) in [5, 5.41) is 18.9. The van der Waals surface area contributed by atoms with Gasteiger partial charge in [0.15, 0.2) is 6.54 Å². The van der Waals surface area contributed by atoms with Crippen LogP contribution in [0, 0.1) is 17.0 Å². The summed E-state index contributed by atoms with van der Waals surface area (Å²) >= 11 is 0. The minimum Gasteiger partial charge on any atom is -0.420 e. The molecule has 1 aromatic carbocycles. The van der Waals surface area contributed by atoms with Crippen molar-refractivity contribution in [3.63, 3.8) is 0 Å². The molecule has 1 aliphatic rings. The average Bonchev–Trinajstić information content (AvgIpc) is 2.99. The summed E-state index contributed by atoms with van der Waals surface area (Å²) in [5.41, 5.74) is -1.35. The van der Waals surface area contributed by atoms with E-state index in [0.717, 1.165) is 6.07 Å². The Hall–Kier alpha value is -2.69. The fourth-order valence-corrected chi connectivity index (χ4v) is 2.98. The average molecular weight is 372 g/mol. The summed E-state index contributed by atoms with van der Waals surface area (Å²) in [6, 6.07) is 2.64. The van der Waals surface area contributed by atoms with Crippen LogP contribution < -0.4 is 9.80 Å². The van der Waals surface area contributed by atoms with Crippen LogP contribution in [0.25, 0.3) is 0 Å². The highest BCUT2D eigenvalue weighted by atomic mass is 19.4. The molecule has 26 heavy (non-hydrogen) atoms. The zero-order valence-corrected chi connectivity index (χ0v) is 13.9. The first kappa shape index (κ1) is 18.1. The maximum atomic E-state index is 12.8. The van der Waals surface area contributed by atoms with Gasteiger partial charge in [-0.15, -0.1) is 10.2 Å². The lowest BCUT2D eigenvalue weighted by molar-refractivity contribution is -0.915. The van der Waals surface area contributed by atoms with Gasteiger partial charge in [-0.1, -0.05) is 0 Å². The summed E-state index contributed by atoms with van der Waals surface area (Å²) in [6.07, 6.45) is -4.62. The third-order valence-electron chi connectivity index (χ3n) is 4.28. The van der Waals surface area contributed by atoms with Gasteiger partial charge in [-0.25, -0.2) is 0 Å². The molecular weight excluding hydrogens is 355 g/mol. The van der Waals surface area contributed by atoms with Crippen molar-refractivity contribution in [1.29, 1.82) is 0 Å². The molecule has 0 radical (unpaired) electrons. The molecule has 0 amide bonds. The number of quaternary nitrogens is 1. The zero-order chi connectivity index (χ0) is 18.9. The van der Waals surface area contributed by atoms with E-state index < -0.39 is 22.4 Å². The Bertz CT molecular complexity index is 800. The van der Waals surface area contributed by atoms with Crippen LogP contribution in [0.1, 0.15) is 17.3 Å². The third-order valence-corrected chi connectivity index (χ3v) is 4.28. The number of aromatic nitrogens is 2. The van der Waals surface area contributed by atoms with E-state index >= 15 is 0 Å². The number of nitrogens with one attached hydrogen (secondary N) is 1. The second-order valence-corrected chi connectivity index (χ2v) is 6.09. The number of aryl methyl sites for hydroxylation is 1. The van der Waals surface area contributed by atoms with Crippen molar-refractivity contribution < 1.29 is 27.4 Å². The van der Waals surface area contributed by atoms with E-state index in [-0.39, 0.29) is 5.69 Å². The molecule has 3 rings (SSSR count). The summed E-state index contributed by atoms with van der Waals surface area (Å²) in [4.78, 5) is 13.4. The Labute approximate surface area is 146 Å². The molecule has 1 aliphatic heterocycles. The summed E-state index contributed by atoms with van der Waals surface area (Å²) in [7, 11) is 0. The minimum atomic E-state index is -4.62. The lowest BCUT2D eigenvalue weighted by atomic mass is 10.1. The van der Waals surface area contributed by atoms with Crippen molar-refractivity contribution in [1.82, 2.24) is 10.2 Å². The number of halogens is 3. The van der Waals surface area contributed by atoms with E-state index in [0.29, 0.717) is 50.6 Å². The van der Waals surface area contributed by atoms with Crippen molar-refractivity contribution >= 4 is 11.4 Å². The first-order valence-corrected chi connectivity index (χ1v) is 7.97. The van der Waals surface area contributed by atoms with Gasteiger partial charge in [0, 0.05) is 13.0 Å². The number of piperazine rings is 1. The standard InChI is InChI=1S/C15H16F3N5O3/c1-10-19-20-14(26-10)9-21-4-6-22(7-5-21)12-3-2-11(15(16,17)18)8-13(12)23(24)25/h2-3,8H,4-7,9H2,1H3/p+1. The number of hydrogen-bond acceptors (Lipinski definition) is 6. The van der Waals surface area contributed by atoms with E-state index in [4.69, 9.17) is 4.42 Å². The van der Waals surface area contributed by atoms with Crippen molar-refractivity contribution in [2.75, 3.05) is 31.1 Å². The molecule has 1 N–H and O–H groups in total. The van der Waals surface area contributed by atoms with Gasteiger partial charge < -0.3 is 14.2 Å². The molecule has 2 heterocycles. The third kappa shape index (κ3) is 3.93. The van der Waals surface area contributed by atoms with Gasteiger partial charge in [-0.3, -0.25) is 10.1 Å². The van der Waals surface area contributed by atoms with Gasteiger partial charge >= 0.3 is 6.18 Å². The van der Waals surface area contributed by atoms with Crippen molar-refractivity contribution in [3.05, 3.63) is 45.7 Å². The highest BCUT2D eigenvalue weighted by molar-refractivity contribution is 5.64. The van der Waals surface area contributed by atoms with Gasteiger partial charge in [-0.05, 0) is 12.1 Å². The Kier molecular flexibility index (Phi) is 4.81. The predicted molar refractivity (Wildman–Crippen MR) is 83.7 cm³/mol. The quantitative estimate of drug-likeness (QED) is 0.641. The highest BCUT2D eigenvalue weighted by Crippen LogP contribution is 2.36. The van der Waals surface area contributed by atoms with E-state index in [9.17, 15) is 23.3 Å².